The number of carboxylic acids is 1. The molecule has 0 saturated heterocycles. The van der Waals surface area contributed by atoms with Crippen molar-refractivity contribution in [2.75, 3.05) is 40.8 Å². The Morgan fingerprint density at radius 3 is 2.10 bits per heavy atom. The number of nitrogens with zero attached hydrogens (tertiary/aromatic N) is 1. The zero-order valence-electron chi connectivity index (χ0n) is 19.6. The quantitative estimate of drug-likeness (QED) is 0.254. The van der Waals surface area contributed by atoms with Gasteiger partial charge in [0.2, 0.25) is 0 Å². The first kappa shape index (κ1) is 26.8. The number of rotatable bonds is 17. The third-order valence-electron chi connectivity index (χ3n) is 4.89. The molecule has 0 spiro atoms. The lowest BCUT2D eigenvalue weighted by molar-refractivity contribution is -0.871. The van der Waals surface area contributed by atoms with Gasteiger partial charge in [0.05, 0.1) is 46.8 Å². The molecule has 0 fully saturated rings. The number of likely N-dealkylation sites (N-methyl/N-ethyl adjacent to an activating group) is 1. The summed E-state index contributed by atoms with van der Waals surface area (Å²) in [4.78, 5) is 23.0. The van der Waals surface area contributed by atoms with Crippen LogP contribution in [0.4, 0.5) is 4.79 Å². The Hall–Kier alpha value is -2.28. The van der Waals surface area contributed by atoms with Crippen molar-refractivity contribution in [2.24, 2.45) is 0 Å². The number of carbonyl (C=O) groups excluding carboxylic acids is 1. The van der Waals surface area contributed by atoms with Gasteiger partial charge in [0.15, 0.2) is 0 Å². The summed E-state index contributed by atoms with van der Waals surface area (Å²) in [5, 5.41) is 14.7. The number of para-hydroxylation sites is 1. The van der Waals surface area contributed by atoms with E-state index < -0.39 is 5.97 Å². The number of amides is 2. The van der Waals surface area contributed by atoms with Crippen molar-refractivity contribution in [1.29, 1.82) is 0 Å². The van der Waals surface area contributed by atoms with E-state index in [2.05, 4.69) is 10.6 Å². The summed E-state index contributed by atoms with van der Waals surface area (Å²) in [7, 11) is 5.94. The first-order valence-corrected chi connectivity index (χ1v) is 11.5. The molecular formula is C24H42N3O4+. The Balaban J connectivity index is 1.96. The van der Waals surface area contributed by atoms with Crippen molar-refractivity contribution >= 4 is 12.0 Å². The van der Waals surface area contributed by atoms with Crippen LogP contribution in [0.2, 0.25) is 0 Å². The van der Waals surface area contributed by atoms with Gasteiger partial charge in [-0.3, -0.25) is 4.79 Å². The fraction of sp³-hybridized carbons (Fsp3) is 0.667. The number of urea groups is 1. The van der Waals surface area contributed by atoms with Crippen molar-refractivity contribution in [1.82, 2.24) is 10.6 Å². The largest absolute Gasteiger partial charge is 0.494 e. The number of ether oxygens (including phenoxy) is 1. The van der Waals surface area contributed by atoms with Gasteiger partial charge in [-0.05, 0) is 25.0 Å². The van der Waals surface area contributed by atoms with E-state index in [9.17, 15) is 9.59 Å². The molecule has 0 bridgehead atoms. The molecule has 0 heterocycles. The topological polar surface area (TPSA) is 87.7 Å². The highest BCUT2D eigenvalue weighted by Crippen LogP contribution is 2.11. The summed E-state index contributed by atoms with van der Waals surface area (Å²) in [6.07, 6.45) is 9.11. The molecule has 0 aliphatic carbocycles. The molecule has 0 saturated carbocycles. The minimum atomic E-state index is -0.900. The van der Waals surface area contributed by atoms with Gasteiger partial charge in [-0.25, -0.2) is 4.79 Å². The minimum Gasteiger partial charge on any atom is -0.494 e. The molecule has 0 aliphatic heterocycles. The van der Waals surface area contributed by atoms with Crippen LogP contribution in [-0.4, -0.2) is 68.5 Å². The Labute approximate surface area is 187 Å². The molecule has 1 rings (SSSR count). The predicted molar refractivity (Wildman–Crippen MR) is 124 cm³/mol. The van der Waals surface area contributed by atoms with Crippen LogP contribution in [0.25, 0.3) is 0 Å². The summed E-state index contributed by atoms with van der Waals surface area (Å²) in [6, 6.07) is 9.27. The van der Waals surface area contributed by atoms with E-state index in [0.29, 0.717) is 17.6 Å². The number of benzene rings is 1. The molecule has 1 atom stereocenters. The first-order valence-electron chi connectivity index (χ1n) is 11.5. The molecule has 1 aromatic carbocycles. The molecule has 7 nitrogen and oxygen atoms in total. The highest BCUT2D eigenvalue weighted by molar-refractivity contribution is 5.75. The average Bonchev–Trinajstić information content (AvgIpc) is 2.67. The lowest BCUT2D eigenvalue weighted by Crippen LogP contribution is -2.52. The van der Waals surface area contributed by atoms with E-state index in [0.717, 1.165) is 31.6 Å². The molecule has 2 amide bonds. The molecule has 1 unspecified atom stereocenters. The maximum atomic E-state index is 12.0. The molecule has 7 heteroatoms. The number of aliphatic carboxylic acids is 1. The van der Waals surface area contributed by atoms with E-state index in [1.54, 1.807) is 0 Å². The van der Waals surface area contributed by atoms with Crippen molar-refractivity contribution in [3.63, 3.8) is 0 Å². The summed E-state index contributed by atoms with van der Waals surface area (Å²) in [5.74, 6) is 0.0398. The fourth-order valence-electron chi connectivity index (χ4n) is 3.47. The van der Waals surface area contributed by atoms with Crippen molar-refractivity contribution in [2.45, 2.75) is 63.8 Å². The van der Waals surface area contributed by atoms with Gasteiger partial charge >= 0.3 is 12.0 Å². The van der Waals surface area contributed by atoms with Crippen LogP contribution in [0.15, 0.2) is 30.3 Å². The standard InChI is InChI=1S/C24H41N3O4/c1-27(2,3)20-21(19-23(28)29)26-24(30)25-17-13-8-6-4-5-7-9-14-18-31-22-15-11-10-12-16-22/h10-12,15-16,21H,4-9,13-14,17-20H2,1-3H3,(H2-,25,26,28,29,30)/p+1. The first-order chi connectivity index (χ1) is 14.8. The number of carboxylic acid groups (broad SMARTS) is 1. The third-order valence-corrected chi connectivity index (χ3v) is 4.89. The van der Waals surface area contributed by atoms with Crippen LogP contribution in [0.1, 0.15) is 57.8 Å². The Morgan fingerprint density at radius 2 is 1.52 bits per heavy atom. The smallest absolute Gasteiger partial charge is 0.315 e. The van der Waals surface area contributed by atoms with Gasteiger partial charge in [0.25, 0.3) is 0 Å². The van der Waals surface area contributed by atoms with Crippen molar-refractivity contribution < 1.29 is 23.9 Å². The second-order valence-electron chi connectivity index (χ2n) is 9.16. The molecule has 0 radical (unpaired) electrons. The van der Waals surface area contributed by atoms with Gasteiger partial charge in [-0.2, -0.15) is 0 Å². The van der Waals surface area contributed by atoms with E-state index in [4.69, 9.17) is 9.84 Å². The second-order valence-corrected chi connectivity index (χ2v) is 9.16. The normalized spacial score (nSPS) is 12.2. The lowest BCUT2D eigenvalue weighted by Gasteiger charge is -2.29. The molecule has 0 aromatic heterocycles. The van der Waals surface area contributed by atoms with Crippen LogP contribution >= 0.6 is 0 Å². The third kappa shape index (κ3) is 16.1. The van der Waals surface area contributed by atoms with Crippen molar-refractivity contribution in [3.05, 3.63) is 30.3 Å². The average molecular weight is 437 g/mol. The number of carbonyl (C=O) groups is 2. The van der Waals surface area contributed by atoms with E-state index in [-0.39, 0.29) is 18.5 Å². The zero-order valence-corrected chi connectivity index (χ0v) is 19.6. The van der Waals surface area contributed by atoms with Crippen LogP contribution in [0.5, 0.6) is 5.75 Å². The summed E-state index contributed by atoms with van der Waals surface area (Å²) < 4.78 is 6.29. The Bertz CT molecular complexity index is 617. The van der Waals surface area contributed by atoms with E-state index in [1.807, 2.05) is 51.5 Å². The number of hydrogen-bond acceptors (Lipinski definition) is 3. The molecule has 176 valence electrons. The highest BCUT2D eigenvalue weighted by atomic mass is 16.5. The molecular weight excluding hydrogens is 394 g/mol. The van der Waals surface area contributed by atoms with Crippen LogP contribution in [0, 0.1) is 0 Å². The van der Waals surface area contributed by atoms with Crippen molar-refractivity contribution in [3.8, 4) is 5.75 Å². The molecule has 1 aromatic rings. The van der Waals surface area contributed by atoms with E-state index >= 15 is 0 Å². The fourth-order valence-corrected chi connectivity index (χ4v) is 3.47. The summed E-state index contributed by atoms with van der Waals surface area (Å²) in [6.45, 7) is 1.96. The van der Waals surface area contributed by atoms with E-state index in [1.165, 1.54) is 32.1 Å². The number of quaternary nitrogens is 1. The molecule has 0 aliphatic rings. The number of unbranched alkanes of at least 4 members (excludes halogenated alkanes) is 7. The van der Waals surface area contributed by atoms with Gasteiger partial charge in [0.1, 0.15) is 5.75 Å². The Kier molecular flexibility index (Phi) is 13.4. The van der Waals surface area contributed by atoms with Gasteiger partial charge in [-0.1, -0.05) is 56.7 Å². The molecule has 31 heavy (non-hydrogen) atoms. The highest BCUT2D eigenvalue weighted by Gasteiger charge is 2.22. The van der Waals surface area contributed by atoms with Gasteiger partial charge in [-0.15, -0.1) is 0 Å². The summed E-state index contributed by atoms with van der Waals surface area (Å²) in [5.41, 5.74) is 0. The van der Waals surface area contributed by atoms with Gasteiger partial charge in [0, 0.05) is 6.54 Å². The van der Waals surface area contributed by atoms with Crippen LogP contribution < -0.4 is 15.4 Å². The SMILES string of the molecule is C[N+](C)(C)CC(CC(=O)O)NC(=O)NCCCCCCCCCCOc1ccccc1. The van der Waals surface area contributed by atoms with Crippen LogP contribution in [0.3, 0.4) is 0 Å². The Morgan fingerprint density at radius 1 is 0.935 bits per heavy atom. The minimum absolute atomic E-state index is 0.0681. The second kappa shape index (κ2) is 15.5. The monoisotopic (exact) mass is 436 g/mol. The van der Waals surface area contributed by atoms with Gasteiger partial charge < -0.3 is 25.0 Å². The zero-order chi connectivity index (χ0) is 23.0. The maximum Gasteiger partial charge on any atom is 0.315 e. The van der Waals surface area contributed by atoms with Crippen LogP contribution in [-0.2, 0) is 4.79 Å². The lowest BCUT2D eigenvalue weighted by atomic mass is 10.1. The maximum absolute atomic E-state index is 12.0. The number of nitrogens with one attached hydrogen (secondary N) is 2. The number of hydrogen-bond donors (Lipinski definition) is 3. The molecule has 3 N–H and O–H groups in total. The summed E-state index contributed by atoms with van der Waals surface area (Å²) >= 11 is 0. The predicted octanol–water partition coefficient (Wildman–Crippen LogP) is 4.03.